The summed E-state index contributed by atoms with van der Waals surface area (Å²) < 4.78 is 0. The van der Waals surface area contributed by atoms with E-state index in [1.807, 2.05) is 30.3 Å². The highest BCUT2D eigenvalue weighted by Crippen LogP contribution is 2.05. The first kappa shape index (κ1) is 21.0. The number of nitrogens with one attached hydrogen (secondary N) is 2. The van der Waals surface area contributed by atoms with Crippen molar-refractivity contribution in [2.75, 3.05) is 13.1 Å². The quantitative estimate of drug-likeness (QED) is 0.293. The van der Waals surface area contributed by atoms with Crippen molar-refractivity contribution in [3.05, 3.63) is 71.3 Å². The molecule has 0 atom stereocenters. The monoisotopic (exact) mass is 448 g/mol. The molecule has 0 heterocycles. The Morgan fingerprint density at radius 2 is 1.72 bits per heavy atom. The number of rotatable bonds is 7. The van der Waals surface area contributed by atoms with Crippen LogP contribution in [0.1, 0.15) is 30.0 Å². The van der Waals surface area contributed by atoms with Crippen LogP contribution in [0.15, 0.2) is 59.6 Å². The van der Waals surface area contributed by atoms with Crippen LogP contribution >= 0.6 is 24.0 Å². The lowest BCUT2D eigenvalue weighted by molar-refractivity contribution is 0.744. The Morgan fingerprint density at radius 1 is 1.00 bits per heavy atom. The molecule has 4 nitrogen and oxygen atoms in total. The maximum Gasteiger partial charge on any atom is 0.191 e. The van der Waals surface area contributed by atoms with Crippen LogP contribution in [-0.2, 0) is 13.0 Å². The molecule has 0 saturated carbocycles. The van der Waals surface area contributed by atoms with Crippen molar-refractivity contribution in [1.82, 2.24) is 10.6 Å². The van der Waals surface area contributed by atoms with Gasteiger partial charge in [0.25, 0.3) is 0 Å². The second-order valence-corrected chi connectivity index (χ2v) is 5.52. The zero-order valence-electron chi connectivity index (χ0n) is 14.5. The number of guanidine groups is 1. The summed E-state index contributed by atoms with van der Waals surface area (Å²) in [4.78, 5) is 4.60. The SMILES string of the molecule is CCNC(=NCc1ccc(C#N)cc1)NCCCc1ccccc1.I. The molecular weight excluding hydrogens is 423 g/mol. The molecule has 2 N–H and O–H groups in total. The van der Waals surface area contributed by atoms with Crippen LogP contribution in [0.3, 0.4) is 0 Å². The molecule has 0 fully saturated rings. The number of aryl methyl sites for hydroxylation is 1. The molecule has 2 aromatic rings. The molecule has 5 heteroatoms. The molecule has 25 heavy (non-hydrogen) atoms. The lowest BCUT2D eigenvalue weighted by Gasteiger charge is -2.11. The third-order valence-electron chi connectivity index (χ3n) is 3.62. The van der Waals surface area contributed by atoms with Gasteiger partial charge in [0.15, 0.2) is 5.96 Å². The Morgan fingerprint density at radius 3 is 2.36 bits per heavy atom. The van der Waals surface area contributed by atoms with Gasteiger partial charge in [-0.3, -0.25) is 0 Å². The zero-order chi connectivity index (χ0) is 17.0. The van der Waals surface area contributed by atoms with Gasteiger partial charge < -0.3 is 10.6 Å². The maximum absolute atomic E-state index is 8.82. The van der Waals surface area contributed by atoms with Crippen LogP contribution in [-0.4, -0.2) is 19.0 Å². The number of nitriles is 1. The summed E-state index contributed by atoms with van der Waals surface area (Å²) in [7, 11) is 0. The Balaban J connectivity index is 0.00000312. The highest BCUT2D eigenvalue weighted by atomic mass is 127. The van der Waals surface area contributed by atoms with Gasteiger partial charge in [0.1, 0.15) is 0 Å². The first-order valence-electron chi connectivity index (χ1n) is 8.37. The molecule has 0 spiro atoms. The molecule has 0 radical (unpaired) electrons. The van der Waals surface area contributed by atoms with E-state index in [0.717, 1.165) is 37.5 Å². The van der Waals surface area contributed by atoms with Crippen molar-refractivity contribution in [2.24, 2.45) is 4.99 Å². The molecule has 0 aliphatic carbocycles. The molecule has 0 aliphatic heterocycles. The molecule has 0 bridgehead atoms. The van der Waals surface area contributed by atoms with E-state index >= 15 is 0 Å². The average Bonchev–Trinajstić information content (AvgIpc) is 2.64. The fourth-order valence-electron chi connectivity index (χ4n) is 2.34. The lowest BCUT2D eigenvalue weighted by atomic mass is 10.1. The second kappa shape index (κ2) is 12.3. The van der Waals surface area contributed by atoms with E-state index in [-0.39, 0.29) is 24.0 Å². The number of aliphatic imine (C=N–C) groups is 1. The summed E-state index contributed by atoms with van der Waals surface area (Å²) >= 11 is 0. The van der Waals surface area contributed by atoms with Gasteiger partial charge in [-0.1, -0.05) is 42.5 Å². The van der Waals surface area contributed by atoms with Gasteiger partial charge in [-0.15, -0.1) is 24.0 Å². The van der Waals surface area contributed by atoms with E-state index in [2.05, 4.69) is 52.9 Å². The van der Waals surface area contributed by atoms with Gasteiger partial charge in [-0.05, 0) is 43.0 Å². The number of halogens is 1. The molecule has 0 aromatic heterocycles. The third kappa shape index (κ3) is 8.03. The summed E-state index contributed by atoms with van der Waals surface area (Å²) in [5.41, 5.74) is 3.13. The second-order valence-electron chi connectivity index (χ2n) is 5.52. The Kier molecular flexibility index (Phi) is 10.3. The topological polar surface area (TPSA) is 60.2 Å². The minimum atomic E-state index is 0. The minimum absolute atomic E-state index is 0. The zero-order valence-corrected chi connectivity index (χ0v) is 16.9. The minimum Gasteiger partial charge on any atom is -0.357 e. The Labute approximate surface area is 167 Å². The van der Waals surface area contributed by atoms with Gasteiger partial charge in [0, 0.05) is 13.1 Å². The highest BCUT2D eigenvalue weighted by molar-refractivity contribution is 14.0. The standard InChI is InChI=1S/C20H24N4.HI/c1-2-22-20(23-14-6-9-17-7-4-3-5-8-17)24-16-19-12-10-18(15-21)11-13-19;/h3-5,7-8,10-13H,2,6,9,14,16H2,1H3,(H2,22,23,24);1H. The Bertz CT molecular complexity index is 675. The predicted octanol–water partition coefficient (Wildman–Crippen LogP) is 3.86. The molecule has 0 aliphatic rings. The van der Waals surface area contributed by atoms with Crippen LogP contribution in [0.5, 0.6) is 0 Å². The Hall–Kier alpha value is -2.07. The summed E-state index contributed by atoms with van der Waals surface area (Å²) in [6.07, 6.45) is 2.12. The van der Waals surface area contributed by atoms with Crippen molar-refractivity contribution >= 4 is 29.9 Å². The molecule has 2 aromatic carbocycles. The van der Waals surface area contributed by atoms with Crippen molar-refractivity contribution in [2.45, 2.75) is 26.3 Å². The maximum atomic E-state index is 8.82. The van der Waals surface area contributed by atoms with Crippen molar-refractivity contribution in [3.8, 4) is 6.07 Å². The number of nitrogens with zero attached hydrogens (tertiary/aromatic N) is 2. The van der Waals surface area contributed by atoms with E-state index in [9.17, 15) is 0 Å². The smallest absolute Gasteiger partial charge is 0.191 e. The van der Waals surface area contributed by atoms with Gasteiger partial charge >= 0.3 is 0 Å². The van der Waals surface area contributed by atoms with E-state index < -0.39 is 0 Å². The molecular formula is C20H25IN4. The molecule has 0 saturated heterocycles. The van der Waals surface area contributed by atoms with E-state index in [4.69, 9.17) is 5.26 Å². The fourth-order valence-corrected chi connectivity index (χ4v) is 2.34. The summed E-state index contributed by atoms with van der Waals surface area (Å²) in [6, 6.07) is 20.2. The van der Waals surface area contributed by atoms with Crippen molar-refractivity contribution in [1.29, 1.82) is 5.26 Å². The first-order chi connectivity index (χ1) is 11.8. The average molecular weight is 448 g/mol. The van der Waals surface area contributed by atoms with Crippen LogP contribution in [0.25, 0.3) is 0 Å². The first-order valence-corrected chi connectivity index (χ1v) is 8.37. The van der Waals surface area contributed by atoms with E-state index in [1.54, 1.807) is 0 Å². The highest BCUT2D eigenvalue weighted by Gasteiger charge is 1.98. The van der Waals surface area contributed by atoms with Gasteiger partial charge in [-0.25, -0.2) is 4.99 Å². The number of hydrogen-bond donors (Lipinski definition) is 2. The summed E-state index contributed by atoms with van der Waals surface area (Å²) in [5, 5.41) is 15.5. The van der Waals surface area contributed by atoms with Crippen LogP contribution in [0, 0.1) is 11.3 Å². The fraction of sp³-hybridized carbons (Fsp3) is 0.300. The largest absolute Gasteiger partial charge is 0.357 e. The summed E-state index contributed by atoms with van der Waals surface area (Å²) in [5.74, 6) is 0.829. The van der Waals surface area contributed by atoms with Crippen LogP contribution < -0.4 is 10.6 Å². The normalized spacial score (nSPS) is 10.5. The number of hydrogen-bond acceptors (Lipinski definition) is 2. The van der Waals surface area contributed by atoms with Gasteiger partial charge in [0.2, 0.25) is 0 Å². The molecule has 2 rings (SSSR count). The molecule has 0 amide bonds. The molecule has 0 unspecified atom stereocenters. The van der Waals surface area contributed by atoms with Gasteiger partial charge in [0.05, 0.1) is 18.2 Å². The number of benzene rings is 2. The van der Waals surface area contributed by atoms with E-state index in [1.165, 1.54) is 5.56 Å². The predicted molar refractivity (Wildman–Crippen MR) is 114 cm³/mol. The van der Waals surface area contributed by atoms with Crippen LogP contribution in [0.4, 0.5) is 0 Å². The lowest BCUT2D eigenvalue weighted by Crippen LogP contribution is -2.37. The van der Waals surface area contributed by atoms with Crippen molar-refractivity contribution in [3.63, 3.8) is 0 Å². The third-order valence-corrected chi connectivity index (χ3v) is 3.62. The summed E-state index contributed by atoms with van der Waals surface area (Å²) in [6.45, 7) is 4.37. The van der Waals surface area contributed by atoms with Crippen LogP contribution in [0.2, 0.25) is 0 Å². The van der Waals surface area contributed by atoms with E-state index in [0.29, 0.717) is 12.1 Å². The van der Waals surface area contributed by atoms with Crippen molar-refractivity contribution < 1.29 is 0 Å². The molecule has 132 valence electrons. The van der Waals surface area contributed by atoms with Gasteiger partial charge in [-0.2, -0.15) is 5.26 Å².